The molecule has 0 spiro atoms. The first kappa shape index (κ1) is 22.4. The highest BCUT2D eigenvalue weighted by Gasteiger charge is 2.35. The molecule has 2 aliphatic rings. The van der Waals surface area contributed by atoms with E-state index >= 15 is 0 Å². The van der Waals surface area contributed by atoms with Gasteiger partial charge >= 0.3 is 5.97 Å². The van der Waals surface area contributed by atoms with Gasteiger partial charge in [-0.3, -0.25) is 4.79 Å². The van der Waals surface area contributed by atoms with Crippen LogP contribution >= 0.6 is 0 Å². The Labute approximate surface area is 185 Å². The van der Waals surface area contributed by atoms with Gasteiger partial charge in [0.25, 0.3) is 0 Å². The number of carbonyl (C=O) groups excluding carboxylic acids is 1. The third kappa shape index (κ3) is 4.83. The number of amides is 1. The number of aromatic carboxylic acids is 1. The number of carboxylic acids is 1. The van der Waals surface area contributed by atoms with Crippen molar-refractivity contribution in [3.8, 4) is 0 Å². The van der Waals surface area contributed by atoms with Crippen molar-refractivity contribution in [2.75, 3.05) is 18.5 Å². The fourth-order valence-corrected chi connectivity index (χ4v) is 5.71. The number of ether oxygens (including phenoxy) is 1. The van der Waals surface area contributed by atoms with Gasteiger partial charge in [-0.05, 0) is 50.2 Å². The molecule has 0 aromatic carbocycles. The number of aromatic nitrogens is 3. The fourth-order valence-electron chi connectivity index (χ4n) is 3.95. The molecule has 2 N–H and O–H groups in total. The van der Waals surface area contributed by atoms with E-state index in [4.69, 9.17) is 9.84 Å². The Bertz CT molecular complexity index is 1070. The van der Waals surface area contributed by atoms with Crippen molar-refractivity contribution >= 4 is 27.5 Å². The first-order chi connectivity index (χ1) is 15.3. The SMILES string of the molecule is O=C(O)c1ccc(NC(=O)[C@H](CC2CCOCC2)n2cnc(S(=O)(=O)C3CCC3)c2)nc1. The van der Waals surface area contributed by atoms with E-state index in [2.05, 4.69) is 15.3 Å². The van der Waals surface area contributed by atoms with Gasteiger partial charge < -0.3 is 19.7 Å². The predicted molar refractivity (Wildman–Crippen MR) is 114 cm³/mol. The maximum atomic E-state index is 13.2. The summed E-state index contributed by atoms with van der Waals surface area (Å²) in [4.78, 5) is 32.3. The standard InChI is InChI=1S/C21H26N4O6S/c26-20(24-18-5-4-15(11-22-18)21(27)28)17(10-14-6-8-31-9-7-14)25-12-19(23-13-25)32(29,30)16-2-1-3-16/h4-5,11-14,16-17H,1-3,6-10H2,(H,27,28)(H,22,24,26)/t17-/m0/s1. The Balaban J connectivity index is 1.55. The minimum Gasteiger partial charge on any atom is -0.478 e. The molecule has 11 heteroatoms. The number of carbonyl (C=O) groups is 2. The highest BCUT2D eigenvalue weighted by Crippen LogP contribution is 2.32. The summed E-state index contributed by atoms with van der Waals surface area (Å²) in [6.45, 7) is 1.25. The lowest BCUT2D eigenvalue weighted by atomic mass is 9.92. The molecular formula is C21H26N4O6S. The molecule has 1 aliphatic heterocycles. The van der Waals surface area contributed by atoms with Crippen LogP contribution in [-0.4, -0.2) is 58.4 Å². The van der Waals surface area contributed by atoms with Crippen molar-refractivity contribution in [1.29, 1.82) is 0 Å². The summed E-state index contributed by atoms with van der Waals surface area (Å²) < 4.78 is 32.4. The summed E-state index contributed by atoms with van der Waals surface area (Å²) in [5, 5.41) is 11.3. The summed E-state index contributed by atoms with van der Waals surface area (Å²) in [5.74, 6) is -1.00. The number of nitrogens with one attached hydrogen (secondary N) is 1. The molecule has 0 bridgehead atoms. The molecular weight excluding hydrogens is 436 g/mol. The number of imidazole rings is 1. The lowest BCUT2D eigenvalue weighted by molar-refractivity contribution is -0.120. The number of hydrogen-bond acceptors (Lipinski definition) is 7. The average molecular weight is 463 g/mol. The van der Waals surface area contributed by atoms with E-state index in [0.717, 1.165) is 19.3 Å². The second-order valence-electron chi connectivity index (χ2n) is 8.29. The number of nitrogens with zero attached hydrogens (tertiary/aromatic N) is 3. The molecule has 1 aliphatic carbocycles. The number of carboxylic acid groups (broad SMARTS) is 1. The van der Waals surface area contributed by atoms with Crippen LogP contribution in [0.5, 0.6) is 0 Å². The second-order valence-corrected chi connectivity index (χ2v) is 10.5. The summed E-state index contributed by atoms with van der Waals surface area (Å²) in [7, 11) is -3.50. The van der Waals surface area contributed by atoms with Crippen LogP contribution in [0.4, 0.5) is 5.82 Å². The van der Waals surface area contributed by atoms with E-state index in [-0.39, 0.29) is 28.2 Å². The molecule has 1 saturated heterocycles. The van der Waals surface area contributed by atoms with Gasteiger partial charge in [-0.2, -0.15) is 0 Å². The van der Waals surface area contributed by atoms with E-state index in [1.54, 1.807) is 4.57 Å². The molecule has 2 aromatic heterocycles. The minimum atomic E-state index is -3.50. The van der Waals surface area contributed by atoms with Crippen LogP contribution < -0.4 is 5.32 Å². The van der Waals surface area contributed by atoms with Gasteiger partial charge in [0.2, 0.25) is 5.91 Å². The van der Waals surface area contributed by atoms with Crippen LogP contribution in [0, 0.1) is 5.92 Å². The summed E-state index contributed by atoms with van der Waals surface area (Å²) >= 11 is 0. The zero-order chi connectivity index (χ0) is 22.7. The second kappa shape index (κ2) is 9.37. The number of rotatable bonds is 8. The van der Waals surface area contributed by atoms with Crippen LogP contribution in [0.3, 0.4) is 0 Å². The third-order valence-electron chi connectivity index (χ3n) is 6.18. The summed E-state index contributed by atoms with van der Waals surface area (Å²) in [5.41, 5.74) is 0.0159. The van der Waals surface area contributed by atoms with Gasteiger partial charge in [-0.1, -0.05) is 6.42 Å². The normalized spacial score (nSPS) is 18.6. The summed E-state index contributed by atoms with van der Waals surface area (Å²) in [6.07, 6.45) is 8.32. The number of anilines is 1. The van der Waals surface area contributed by atoms with E-state index in [9.17, 15) is 18.0 Å². The number of sulfone groups is 1. The van der Waals surface area contributed by atoms with Crippen molar-refractivity contribution in [2.45, 2.75) is 54.8 Å². The molecule has 0 unspecified atom stereocenters. The molecule has 4 rings (SSSR count). The molecule has 2 fully saturated rings. The maximum absolute atomic E-state index is 13.2. The molecule has 0 radical (unpaired) electrons. The minimum absolute atomic E-state index is 0.00378. The van der Waals surface area contributed by atoms with E-state index in [1.165, 1.54) is 30.9 Å². The zero-order valence-electron chi connectivity index (χ0n) is 17.5. The van der Waals surface area contributed by atoms with Gasteiger partial charge in [-0.25, -0.2) is 23.2 Å². The Kier molecular flexibility index (Phi) is 6.56. The fraction of sp³-hybridized carbons (Fsp3) is 0.524. The molecule has 2 aromatic rings. The van der Waals surface area contributed by atoms with Crippen LogP contribution in [0.2, 0.25) is 0 Å². The lowest BCUT2D eigenvalue weighted by Crippen LogP contribution is -2.30. The molecule has 1 amide bonds. The van der Waals surface area contributed by atoms with E-state index in [0.29, 0.717) is 32.5 Å². The van der Waals surface area contributed by atoms with Crippen molar-refractivity contribution in [2.24, 2.45) is 5.92 Å². The Morgan fingerprint density at radius 2 is 1.94 bits per heavy atom. The van der Waals surface area contributed by atoms with Crippen LogP contribution in [0.25, 0.3) is 0 Å². The van der Waals surface area contributed by atoms with Crippen molar-refractivity contribution in [1.82, 2.24) is 14.5 Å². The van der Waals surface area contributed by atoms with E-state index in [1.807, 2.05) is 0 Å². The molecule has 172 valence electrons. The lowest BCUT2D eigenvalue weighted by Gasteiger charge is -2.27. The maximum Gasteiger partial charge on any atom is 0.337 e. The molecule has 3 heterocycles. The summed E-state index contributed by atoms with van der Waals surface area (Å²) in [6, 6.07) is 2.10. The Morgan fingerprint density at radius 3 is 2.53 bits per heavy atom. The molecule has 1 atom stereocenters. The van der Waals surface area contributed by atoms with Gasteiger partial charge in [0.1, 0.15) is 11.9 Å². The van der Waals surface area contributed by atoms with Crippen LogP contribution in [0.15, 0.2) is 35.9 Å². The van der Waals surface area contributed by atoms with Crippen molar-refractivity contribution in [3.05, 3.63) is 36.4 Å². The largest absolute Gasteiger partial charge is 0.478 e. The first-order valence-corrected chi connectivity index (χ1v) is 12.2. The monoisotopic (exact) mass is 462 g/mol. The average Bonchev–Trinajstić information content (AvgIpc) is 3.22. The molecule has 10 nitrogen and oxygen atoms in total. The molecule has 1 saturated carbocycles. The number of pyridine rings is 1. The first-order valence-electron chi connectivity index (χ1n) is 10.7. The van der Waals surface area contributed by atoms with Gasteiger partial charge in [0.05, 0.1) is 17.1 Å². The number of hydrogen-bond donors (Lipinski definition) is 2. The van der Waals surface area contributed by atoms with Crippen molar-refractivity contribution < 1.29 is 27.9 Å². The molecule has 32 heavy (non-hydrogen) atoms. The van der Waals surface area contributed by atoms with Crippen LogP contribution in [-0.2, 0) is 19.4 Å². The highest BCUT2D eigenvalue weighted by molar-refractivity contribution is 7.92. The third-order valence-corrected chi connectivity index (χ3v) is 8.32. The van der Waals surface area contributed by atoms with Gasteiger partial charge in [0.15, 0.2) is 14.9 Å². The van der Waals surface area contributed by atoms with E-state index < -0.39 is 27.1 Å². The van der Waals surface area contributed by atoms with Crippen LogP contribution in [0.1, 0.15) is 54.9 Å². The highest BCUT2D eigenvalue weighted by atomic mass is 32.2. The topological polar surface area (TPSA) is 140 Å². The smallest absolute Gasteiger partial charge is 0.337 e. The Morgan fingerprint density at radius 1 is 1.19 bits per heavy atom. The zero-order valence-corrected chi connectivity index (χ0v) is 18.3. The van der Waals surface area contributed by atoms with Crippen molar-refractivity contribution in [3.63, 3.8) is 0 Å². The quantitative estimate of drug-likeness (QED) is 0.609. The van der Waals surface area contributed by atoms with Gasteiger partial charge in [-0.15, -0.1) is 0 Å². The predicted octanol–water partition coefficient (Wildman–Crippen LogP) is 2.30. The van der Waals surface area contributed by atoms with Gasteiger partial charge in [0, 0.05) is 25.6 Å². The Hall–Kier alpha value is -2.79.